The minimum atomic E-state index is -1.65. The van der Waals surface area contributed by atoms with E-state index in [1.165, 1.54) is 68.8 Å². The minimum absolute atomic E-state index is 0.00870. The van der Waals surface area contributed by atoms with Gasteiger partial charge in [-0.15, -0.1) is 34.8 Å². The number of hydrogen-bond acceptors (Lipinski definition) is 12. The van der Waals surface area contributed by atoms with Crippen LogP contribution in [0.2, 0.25) is 10.0 Å². The van der Waals surface area contributed by atoms with Crippen LogP contribution >= 0.6 is 58.0 Å². The van der Waals surface area contributed by atoms with E-state index in [0.717, 1.165) is 13.8 Å². The monoisotopic (exact) mass is 1020 g/mol. The summed E-state index contributed by atoms with van der Waals surface area (Å²) in [6, 6.07) is 19.8. The Morgan fingerprint density at radius 1 is 0.574 bits per heavy atom. The number of Topliss-reactive ketones (excluding diaryl/α,β-unsaturated/α-hetero) is 2. The van der Waals surface area contributed by atoms with Gasteiger partial charge >= 0.3 is 0 Å². The summed E-state index contributed by atoms with van der Waals surface area (Å²) in [6.45, 7) is 5.82. The summed E-state index contributed by atoms with van der Waals surface area (Å²) < 4.78 is 10.7. The number of benzene rings is 5. The number of hydrogen-bond donors (Lipinski definition) is 4. The first-order chi connectivity index (χ1) is 32.4. The summed E-state index contributed by atoms with van der Waals surface area (Å²) in [5.41, 5.74) is 2.95. The third-order valence-electron chi connectivity index (χ3n) is 9.88. The summed E-state index contributed by atoms with van der Waals surface area (Å²) in [5.74, 6) is -3.26. The van der Waals surface area contributed by atoms with Crippen LogP contribution in [-0.4, -0.2) is 61.5 Å². The Morgan fingerprint density at radius 2 is 0.985 bits per heavy atom. The SMILES string of the molecule is COc1ccc(NC(=O)c2cccc(N=NC(C(C)=O)C(=O)Nc3ccc(NC(=O)C(N=Nc4cccc(C(=O)Nc5ccc(OC)c(C(C)Cl)c5)c4Cl)C(C)=O)c(CCl)c3)c2Cl)cc1C(C)Cl. The molecule has 21 heteroatoms. The van der Waals surface area contributed by atoms with Gasteiger partial charge in [0, 0.05) is 39.8 Å². The fourth-order valence-electron chi connectivity index (χ4n) is 6.38. The van der Waals surface area contributed by atoms with Gasteiger partial charge in [-0.05, 0) is 112 Å². The van der Waals surface area contributed by atoms with Crippen molar-refractivity contribution >= 4 is 127 Å². The van der Waals surface area contributed by atoms with Crippen LogP contribution in [0.15, 0.2) is 111 Å². The predicted octanol–water partition coefficient (Wildman–Crippen LogP) is 12.2. The molecule has 4 N–H and O–H groups in total. The first-order valence-electron chi connectivity index (χ1n) is 20.3. The molecular formula is C47H43Cl5N8O8. The molecule has 0 saturated heterocycles. The lowest BCUT2D eigenvalue weighted by Gasteiger charge is -2.15. The van der Waals surface area contributed by atoms with Crippen LogP contribution in [-0.2, 0) is 25.1 Å². The van der Waals surface area contributed by atoms with Crippen LogP contribution in [0.5, 0.6) is 11.5 Å². The van der Waals surface area contributed by atoms with Crippen LogP contribution < -0.4 is 30.7 Å². The highest BCUT2D eigenvalue weighted by molar-refractivity contribution is 6.37. The number of nitrogens with one attached hydrogen (secondary N) is 4. The molecule has 0 bridgehead atoms. The number of amides is 4. The van der Waals surface area contributed by atoms with Gasteiger partial charge in [0.2, 0.25) is 12.1 Å². The molecule has 4 atom stereocenters. The molecule has 16 nitrogen and oxygen atoms in total. The highest BCUT2D eigenvalue weighted by Gasteiger charge is 2.27. The van der Waals surface area contributed by atoms with Crippen LogP contribution in [0, 0.1) is 0 Å². The molecule has 0 aromatic heterocycles. The molecule has 0 aliphatic heterocycles. The number of ketones is 2. The molecule has 0 spiro atoms. The zero-order valence-electron chi connectivity index (χ0n) is 37.1. The van der Waals surface area contributed by atoms with E-state index in [0.29, 0.717) is 39.6 Å². The van der Waals surface area contributed by atoms with Crippen molar-refractivity contribution in [2.45, 2.75) is 56.4 Å². The summed E-state index contributed by atoms with van der Waals surface area (Å²) in [6.07, 6.45) is 0. The van der Waals surface area contributed by atoms with E-state index in [-0.39, 0.29) is 49.8 Å². The molecule has 5 aromatic rings. The molecule has 68 heavy (non-hydrogen) atoms. The average Bonchev–Trinajstić information content (AvgIpc) is 3.30. The van der Waals surface area contributed by atoms with Crippen molar-refractivity contribution in [1.82, 2.24) is 0 Å². The predicted molar refractivity (Wildman–Crippen MR) is 265 cm³/mol. The van der Waals surface area contributed by atoms with E-state index in [1.54, 1.807) is 50.2 Å². The summed E-state index contributed by atoms with van der Waals surface area (Å²) in [4.78, 5) is 78.7. The largest absolute Gasteiger partial charge is 0.496 e. The topological polar surface area (TPSA) is 218 Å². The summed E-state index contributed by atoms with van der Waals surface area (Å²) in [7, 11) is 3.02. The second-order valence-corrected chi connectivity index (χ2v) is 17.1. The maximum absolute atomic E-state index is 13.4. The maximum Gasteiger partial charge on any atom is 0.258 e. The first-order valence-corrected chi connectivity index (χ1v) is 22.5. The standard InChI is InChI=1S/C47H43Cl5N8O8/c1-23(49)33-20-29(14-17-38(33)67-5)53-44(63)31-9-7-11-36(40(31)51)57-59-42(25(3)61)46(65)55-28-13-16-35(27(19-28)22-48)56-47(66)43(26(4)62)60-58-37-12-8-10-32(41(37)52)45(64)54-30-15-18-39(68-6)34(21-30)24(2)50/h7-21,23-24,42-43H,22H2,1-6H3,(H,53,63)(H,54,64)(H,55,65)(H,56,66). The van der Waals surface area contributed by atoms with Crippen molar-refractivity contribution in [2.24, 2.45) is 20.5 Å². The molecule has 0 radical (unpaired) electrons. The van der Waals surface area contributed by atoms with Gasteiger partial charge in [0.25, 0.3) is 23.6 Å². The van der Waals surface area contributed by atoms with Crippen molar-refractivity contribution in [3.05, 3.63) is 129 Å². The molecule has 0 aliphatic carbocycles. The molecule has 0 heterocycles. The number of halogens is 5. The van der Waals surface area contributed by atoms with Crippen LogP contribution in [0.1, 0.15) is 75.9 Å². The van der Waals surface area contributed by atoms with Gasteiger partial charge in [-0.3, -0.25) is 28.8 Å². The lowest BCUT2D eigenvalue weighted by molar-refractivity contribution is -0.127. The number of carbonyl (C=O) groups excluding carboxylic acids is 6. The number of methoxy groups -OCH3 is 2. The fraction of sp³-hybridized carbons (Fsp3) is 0.234. The molecule has 0 aliphatic rings. The first kappa shape index (κ1) is 52.5. The van der Waals surface area contributed by atoms with Crippen molar-refractivity contribution in [1.29, 1.82) is 0 Å². The highest BCUT2D eigenvalue weighted by atomic mass is 35.5. The van der Waals surface area contributed by atoms with E-state index in [1.807, 2.05) is 0 Å². The quantitative estimate of drug-likeness (QED) is 0.0353. The number of rotatable bonds is 19. The van der Waals surface area contributed by atoms with Gasteiger partial charge in [-0.2, -0.15) is 20.5 Å². The van der Waals surface area contributed by atoms with E-state index in [9.17, 15) is 28.8 Å². The van der Waals surface area contributed by atoms with E-state index >= 15 is 0 Å². The highest BCUT2D eigenvalue weighted by Crippen LogP contribution is 2.36. The zero-order chi connectivity index (χ0) is 49.8. The third-order valence-corrected chi connectivity index (χ3v) is 11.4. The molecule has 4 unspecified atom stereocenters. The zero-order valence-corrected chi connectivity index (χ0v) is 40.9. The average molecular weight is 1030 g/mol. The van der Waals surface area contributed by atoms with E-state index in [2.05, 4.69) is 41.7 Å². The normalized spacial score (nSPS) is 13.0. The van der Waals surface area contributed by atoms with Gasteiger partial charge in [-0.1, -0.05) is 35.3 Å². The molecule has 0 fully saturated rings. The second-order valence-electron chi connectivity index (χ2n) is 14.8. The lowest BCUT2D eigenvalue weighted by atomic mass is 10.1. The molecule has 0 saturated carbocycles. The van der Waals surface area contributed by atoms with Crippen molar-refractivity contribution in [3.63, 3.8) is 0 Å². The van der Waals surface area contributed by atoms with Gasteiger partial charge in [0.1, 0.15) is 22.9 Å². The number of anilines is 4. The second kappa shape index (κ2) is 24.0. The van der Waals surface area contributed by atoms with Gasteiger partial charge in [0.15, 0.2) is 11.6 Å². The number of nitrogens with zero attached hydrogens (tertiary/aromatic N) is 4. The number of alkyl halides is 3. The number of carbonyl (C=O) groups is 6. The van der Waals surface area contributed by atoms with Gasteiger partial charge in [0.05, 0.1) is 46.1 Å². The Labute approximate surface area is 416 Å². The molecule has 4 amide bonds. The summed E-state index contributed by atoms with van der Waals surface area (Å²) >= 11 is 31.9. The minimum Gasteiger partial charge on any atom is -0.496 e. The molecule has 354 valence electrons. The Morgan fingerprint density at radius 3 is 1.38 bits per heavy atom. The molecular weight excluding hydrogens is 982 g/mol. The molecule has 5 rings (SSSR count). The van der Waals surface area contributed by atoms with Crippen LogP contribution in [0.25, 0.3) is 0 Å². The fourth-order valence-corrected chi connectivity index (χ4v) is 7.44. The Balaban J connectivity index is 1.26. The van der Waals surface area contributed by atoms with E-state index in [4.69, 9.17) is 67.5 Å². The number of ether oxygens (including phenoxy) is 2. The third kappa shape index (κ3) is 13.2. The van der Waals surface area contributed by atoms with Crippen molar-refractivity contribution < 1.29 is 38.2 Å². The van der Waals surface area contributed by atoms with Crippen molar-refractivity contribution in [2.75, 3.05) is 35.5 Å². The summed E-state index contributed by atoms with van der Waals surface area (Å²) in [5, 5.41) is 25.7. The lowest BCUT2D eigenvalue weighted by Crippen LogP contribution is -2.32. The van der Waals surface area contributed by atoms with Crippen molar-refractivity contribution in [3.8, 4) is 11.5 Å². The Kier molecular flexibility index (Phi) is 18.6. The maximum atomic E-state index is 13.4. The smallest absolute Gasteiger partial charge is 0.258 e. The number of azo groups is 2. The van der Waals surface area contributed by atoms with Gasteiger partial charge < -0.3 is 30.7 Å². The Hall–Kier alpha value is -6.43. The Bertz CT molecular complexity index is 2820. The van der Waals surface area contributed by atoms with E-state index < -0.39 is 58.0 Å². The van der Waals surface area contributed by atoms with Crippen LogP contribution in [0.3, 0.4) is 0 Å². The van der Waals surface area contributed by atoms with Gasteiger partial charge in [-0.25, -0.2) is 0 Å². The molecule has 5 aromatic carbocycles. The van der Waals surface area contributed by atoms with Crippen LogP contribution in [0.4, 0.5) is 34.1 Å².